The zero-order chi connectivity index (χ0) is 11.6. The minimum Gasteiger partial charge on any atom is -0.301 e. The van der Waals surface area contributed by atoms with Crippen LogP contribution >= 0.6 is 0 Å². The van der Waals surface area contributed by atoms with Gasteiger partial charge < -0.3 is 4.99 Å². The smallest absolute Gasteiger partial charge is 0.0273 e. The van der Waals surface area contributed by atoms with E-state index in [1.54, 1.807) is 0 Å². The van der Waals surface area contributed by atoms with Gasteiger partial charge >= 0.3 is 0 Å². The summed E-state index contributed by atoms with van der Waals surface area (Å²) in [6, 6.07) is 0. The molecule has 0 spiro atoms. The Morgan fingerprint density at radius 2 is 1.60 bits per heavy atom. The SMILES string of the molecule is CCCCCCCCC(C)(C)CC=NC. The summed E-state index contributed by atoms with van der Waals surface area (Å²) in [5, 5.41) is 0. The van der Waals surface area contributed by atoms with E-state index in [0.29, 0.717) is 5.41 Å². The molecular formula is C14H29N. The fourth-order valence-corrected chi connectivity index (χ4v) is 1.82. The van der Waals surface area contributed by atoms with Crippen LogP contribution in [0.1, 0.15) is 72.1 Å². The standard InChI is InChI=1S/C14H29N/c1-5-6-7-8-9-10-11-14(2,3)12-13-15-4/h13H,5-12H2,1-4H3. The fraction of sp³-hybridized carbons (Fsp3) is 0.929. The molecule has 90 valence electrons. The molecule has 0 rings (SSSR count). The van der Waals surface area contributed by atoms with Gasteiger partial charge in [-0.1, -0.05) is 59.3 Å². The molecule has 0 aliphatic carbocycles. The van der Waals surface area contributed by atoms with Gasteiger partial charge in [0.15, 0.2) is 0 Å². The van der Waals surface area contributed by atoms with E-state index in [0.717, 1.165) is 6.42 Å². The van der Waals surface area contributed by atoms with E-state index in [9.17, 15) is 0 Å². The van der Waals surface area contributed by atoms with Crippen molar-refractivity contribution in [2.75, 3.05) is 7.05 Å². The third-order valence-corrected chi connectivity index (χ3v) is 3.03. The predicted molar refractivity (Wildman–Crippen MR) is 70.8 cm³/mol. The Morgan fingerprint density at radius 3 is 2.20 bits per heavy atom. The van der Waals surface area contributed by atoms with E-state index in [2.05, 4.69) is 32.0 Å². The monoisotopic (exact) mass is 211 g/mol. The highest BCUT2D eigenvalue weighted by atomic mass is 14.6. The van der Waals surface area contributed by atoms with Crippen molar-refractivity contribution in [1.82, 2.24) is 0 Å². The Labute approximate surface area is 96.4 Å². The fourth-order valence-electron chi connectivity index (χ4n) is 1.82. The van der Waals surface area contributed by atoms with Gasteiger partial charge in [-0.2, -0.15) is 0 Å². The zero-order valence-electron chi connectivity index (χ0n) is 11.2. The Bertz CT molecular complexity index is 159. The lowest BCUT2D eigenvalue weighted by molar-refractivity contribution is 0.334. The normalized spacial score (nSPS) is 12.5. The Morgan fingerprint density at radius 1 is 1.00 bits per heavy atom. The summed E-state index contributed by atoms with van der Waals surface area (Å²) in [7, 11) is 1.86. The lowest BCUT2D eigenvalue weighted by Crippen LogP contribution is -2.11. The van der Waals surface area contributed by atoms with Crippen molar-refractivity contribution in [2.24, 2.45) is 10.4 Å². The molecule has 0 aromatic rings. The first-order valence-corrected chi connectivity index (χ1v) is 6.53. The summed E-state index contributed by atoms with van der Waals surface area (Å²) in [6.45, 7) is 6.97. The van der Waals surface area contributed by atoms with Gasteiger partial charge in [-0.3, -0.25) is 0 Å². The Hall–Kier alpha value is -0.330. The van der Waals surface area contributed by atoms with Crippen molar-refractivity contribution in [1.29, 1.82) is 0 Å². The lowest BCUT2D eigenvalue weighted by Gasteiger charge is -2.22. The maximum Gasteiger partial charge on any atom is 0.0273 e. The Kier molecular flexibility index (Phi) is 8.74. The van der Waals surface area contributed by atoms with Crippen molar-refractivity contribution in [2.45, 2.75) is 72.1 Å². The highest BCUT2D eigenvalue weighted by molar-refractivity contribution is 5.57. The molecule has 0 saturated carbocycles. The third-order valence-electron chi connectivity index (χ3n) is 3.03. The molecule has 0 saturated heterocycles. The molecule has 0 fully saturated rings. The summed E-state index contributed by atoms with van der Waals surface area (Å²) in [4.78, 5) is 4.06. The summed E-state index contributed by atoms with van der Waals surface area (Å²) in [6.07, 6.45) is 12.9. The number of nitrogens with zero attached hydrogens (tertiary/aromatic N) is 1. The van der Waals surface area contributed by atoms with Gasteiger partial charge in [0.25, 0.3) is 0 Å². The predicted octanol–water partition coefficient (Wildman–Crippen LogP) is 4.85. The van der Waals surface area contributed by atoms with Crippen LogP contribution in [0.5, 0.6) is 0 Å². The van der Waals surface area contributed by atoms with Crippen LogP contribution in [0.15, 0.2) is 4.99 Å². The first-order valence-electron chi connectivity index (χ1n) is 6.53. The van der Waals surface area contributed by atoms with Crippen molar-refractivity contribution in [3.05, 3.63) is 0 Å². The van der Waals surface area contributed by atoms with Crippen LogP contribution in [0, 0.1) is 5.41 Å². The summed E-state index contributed by atoms with van der Waals surface area (Å²) in [5.74, 6) is 0. The van der Waals surface area contributed by atoms with Crippen molar-refractivity contribution < 1.29 is 0 Å². The van der Waals surface area contributed by atoms with Crippen LogP contribution in [0.4, 0.5) is 0 Å². The molecule has 0 amide bonds. The maximum absolute atomic E-state index is 4.06. The van der Waals surface area contributed by atoms with Gasteiger partial charge in [0.2, 0.25) is 0 Å². The van der Waals surface area contributed by atoms with Crippen LogP contribution in [-0.4, -0.2) is 13.3 Å². The Balaban J connectivity index is 3.40. The van der Waals surface area contributed by atoms with E-state index in [1.807, 2.05) is 7.05 Å². The first kappa shape index (κ1) is 14.7. The molecule has 0 aliphatic heterocycles. The molecule has 0 radical (unpaired) electrons. The first-order chi connectivity index (χ1) is 7.12. The maximum atomic E-state index is 4.06. The molecule has 0 aromatic heterocycles. The molecule has 15 heavy (non-hydrogen) atoms. The van der Waals surface area contributed by atoms with Crippen molar-refractivity contribution in [3.8, 4) is 0 Å². The second-order valence-electron chi connectivity index (χ2n) is 5.33. The van der Waals surface area contributed by atoms with E-state index in [4.69, 9.17) is 0 Å². The second kappa shape index (κ2) is 8.94. The van der Waals surface area contributed by atoms with E-state index >= 15 is 0 Å². The quantitative estimate of drug-likeness (QED) is 0.382. The number of rotatable bonds is 9. The van der Waals surface area contributed by atoms with Gasteiger partial charge in [-0.05, 0) is 24.5 Å². The number of hydrogen-bond donors (Lipinski definition) is 0. The van der Waals surface area contributed by atoms with E-state index in [1.165, 1.54) is 44.9 Å². The largest absolute Gasteiger partial charge is 0.301 e. The van der Waals surface area contributed by atoms with Crippen LogP contribution in [0.25, 0.3) is 0 Å². The van der Waals surface area contributed by atoms with E-state index in [-0.39, 0.29) is 0 Å². The van der Waals surface area contributed by atoms with Gasteiger partial charge in [0.1, 0.15) is 0 Å². The molecule has 0 atom stereocenters. The van der Waals surface area contributed by atoms with Crippen LogP contribution in [-0.2, 0) is 0 Å². The molecule has 0 bridgehead atoms. The minimum absolute atomic E-state index is 0.449. The third kappa shape index (κ3) is 9.96. The number of unbranched alkanes of at least 4 members (excludes halogenated alkanes) is 5. The number of aliphatic imine (C=N–C) groups is 1. The van der Waals surface area contributed by atoms with Gasteiger partial charge in [-0.25, -0.2) is 0 Å². The van der Waals surface area contributed by atoms with Crippen LogP contribution in [0.2, 0.25) is 0 Å². The highest BCUT2D eigenvalue weighted by Gasteiger charge is 2.15. The highest BCUT2D eigenvalue weighted by Crippen LogP contribution is 2.26. The second-order valence-corrected chi connectivity index (χ2v) is 5.33. The molecule has 0 aromatic carbocycles. The minimum atomic E-state index is 0.449. The molecule has 1 heteroatoms. The molecule has 0 unspecified atom stereocenters. The van der Waals surface area contributed by atoms with Crippen molar-refractivity contribution >= 4 is 6.21 Å². The lowest BCUT2D eigenvalue weighted by atomic mass is 9.84. The van der Waals surface area contributed by atoms with Crippen LogP contribution < -0.4 is 0 Å². The molecular weight excluding hydrogens is 182 g/mol. The van der Waals surface area contributed by atoms with Gasteiger partial charge in [0, 0.05) is 7.05 Å². The molecule has 0 heterocycles. The number of hydrogen-bond acceptors (Lipinski definition) is 1. The average molecular weight is 211 g/mol. The topological polar surface area (TPSA) is 12.4 Å². The summed E-state index contributed by atoms with van der Waals surface area (Å²) < 4.78 is 0. The van der Waals surface area contributed by atoms with Gasteiger partial charge in [0.05, 0.1) is 0 Å². The van der Waals surface area contributed by atoms with Gasteiger partial charge in [-0.15, -0.1) is 0 Å². The zero-order valence-corrected chi connectivity index (χ0v) is 11.2. The van der Waals surface area contributed by atoms with Crippen molar-refractivity contribution in [3.63, 3.8) is 0 Å². The molecule has 0 aliphatic rings. The molecule has 1 nitrogen and oxygen atoms in total. The van der Waals surface area contributed by atoms with E-state index < -0.39 is 0 Å². The summed E-state index contributed by atoms with van der Waals surface area (Å²) in [5.41, 5.74) is 0.449. The molecule has 0 N–H and O–H groups in total. The summed E-state index contributed by atoms with van der Waals surface area (Å²) >= 11 is 0. The average Bonchev–Trinajstić information content (AvgIpc) is 2.20. The van der Waals surface area contributed by atoms with Crippen LogP contribution in [0.3, 0.4) is 0 Å².